The van der Waals surface area contributed by atoms with E-state index in [9.17, 15) is 8.42 Å². The van der Waals surface area contributed by atoms with Crippen molar-refractivity contribution >= 4 is 21.2 Å². The van der Waals surface area contributed by atoms with Crippen molar-refractivity contribution in [2.24, 2.45) is 5.41 Å². The minimum Gasteiger partial charge on any atom is -0.207 e. The maximum Gasteiger partial charge on any atom is 0.243 e. The zero-order valence-corrected chi connectivity index (χ0v) is 19.9. The van der Waals surface area contributed by atoms with Crippen molar-refractivity contribution in [2.75, 3.05) is 0 Å². The van der Waals surface area contributed by atoms with Crippen LogP contribution in [0.15, 0.2) is 77.7 Å². The fourth-order valence-electron chi connectivity index (χ4n) is 5.23. The molecule has 2 aliphatic rings. The Labute approximate surface area is 191 Å². The van der Waals surface area contributed by atoms with Crippen LogP contribution in [0.1, 0.15) is 48.6 Å². The normalized spacial score (nSPS) is 18.7. The smallest absolute Gasteiger partial charge is 0.207 e. The van der Waals surface area contributed by atoms with Crippen LogP contribution in [0.4, 0.5) is 0 Å². The first-order chi connectivity index (χ1) is 15.2. The summed E-state index contributed by atoms with van der Waals surface area (Å²) < 4.78 is 29.6. The number of aryl methyl sites for hydroxylation is 1. The van der Waals surface area contributed by atoms with Crippen LogP contribution in [0.3, 0.4) is 0 Å². The summed E-state index contributed by atoms with van der Waals surface area (Å²) in [5, 5.41) is 0. The van der Waals surface area contributed by atoms with E-state index in [1.165, 1.54) is 22.3 Å². The van der Waals surface area contributed by atoms with Gasteiger partial charge in [-0.05, 0) is 64.3 Å². The molecule has 4 heteroatoms. The van der Waals surface area contributed by atoms with E-state index in [0.717, 1.165) is 16.7 Å². The molecule has 0 radical (unpaired) electrons. The summed E-state index contributed by atoms with van der Waals surface area (Å²) in [6.07, 6.45) is 0.685. The van der Waals surface area contributed by atoms with E-state index in [1.54, 1.807) is 16.4 Å². The standard InChI is InChI=1S/C28H29NO2S/c1-19-13-15-22(16-14-19)32(30,31)29-18-21-10-6-7-11-23(21)26-25(29)17-20-9-5-8-12-24(20)27(26)28(2,3)4/h5-16,25H,17-18H2,1-4H3. The molecule has 1 unspecified atom stereocenters. The number of benzene rings is 3. The van der Waals surface area contributed by atoms with E-state index in [4.69, 9.17) is 0 Å². The second kappa shape index (κ2) is 7.43. The first-order valence-electron chi connectivity index (χ1n) is 11.2. The molecule has 0 aromatic heterocycles. The van der Waals surface area contributed by atoms with Crippen molar-refractivity contribution in [3.63, 3.8) is 0 Å². The Hall–Kier alpha value is -2.69. The third-order valence-corrected chi connectivity index (χ3v) is 8.53. The highest BCUT2D eigenvalue weighted by atomic mass is 32.2. The zero-order valence-electron chi connectivity index (χ0n) is 19.1. The van der Waals surface area contributed by atoms with Crippen LogP contribution in [-0.4, -0.2) is 18.8 Å². The maximum absolute atomic E-state index is 13.9. The molecule has 164 valence electrons. The van der Waals surface area contributed by atoms with E-state index < -0.39 is 10.0 Å². The lowest BCUT2D eigenvalue weighted by Gasteiger charge is -2.44. The molecule has 5 rings (SSSR count). The highest BCUT2D eigenvalue weighted by molar-refractivity contribution is 7.89. The molecule has 0 N–H and O–H groups in total. The SMILES string of the molecule is Cc1ccc(S(=O)(=O)N2Cc3ccccc3C3=C(C(C)(C)C)c4ccccc4CC32)cc1. The lowest BCUT2D eigenvalue weighted by Crippen LogP contribution is -2.46. The number of rotatable bonds is 2. The lowest BCUT2D eigenvalue weighted by atomic mass is 9.69. The average Bonchev–Trinajstić information content (AvgIpc) is 2.76. The zero-order chi connectivity index (χ0) is 22.7. The molecule has 0 spiro atoms. The molecule has 1 aliphatic heterocycles. The second-order valence-corrected chi connectivity index (χ2v) is 11.8. The van der Waals surface area contributed by atoms with Gasteiger partial charge < -0.3 is 0 Å². The number of allylic oxidation sites excluding steroid dienone is 1. The molecule has 1 atom stereocenters. The second-order valence-electron chi connectivity index (χ2n) is 9.94. The molecule has 0 saturated heterocycles. The first kappa shape index (κ1) is 21.2. The fourth-order valence-corrected chi connectivity index (χ4v) is 6.80. The molecular formula is C28H29NO2S. The Morgan fingerprint density at radius 3 is 2.06 bits per heavy atom. The average molecular weight is 444 g/mol. The quantitative estimate of drug-likeness (QED) is 0.481. The molecule has 1 heterocycles. The number of hydrogen-bond acceptors (Lipinski definition) is 2. The lowest BCUT2D eigenvalue weighted by molar-refractivity contribution is 0.347. The van der Waals surface area contributed by atoms with Crippen LogP contribution in [0.5, 0.6) is 0 Å². The predicted octanol–water partition coefficient (Wildman–Crippen LogP) is 6.08. The number of nitrogens with zero attached hydrogens (tertiary/aromatic N) is 1. The molecule has 3 nitrogen and oxygen atoms in total. The number of hydrogen-bond donors (Lipinski definition) is 0. The van der Waals surface area contributed by atoms with Crippen molar-refractivity contribution in [2.45, 2.75) is 51.6 Å². The summed E-state index contributed by atoms with van der Waals surface area (Å²) in [5.74, 6) is 0. The Bertz CT molecular complexity index is 1330. The van der Waals surface area contributed by atoms with Gasteiger partial charge in [-0.2, -0.15) is 4.31 Å². The Morgan fingerprint density at radius 2 is 1.41 bits per heavy atom. The van der Waals surface area contributed by atoms with Crippen molar-refractivity contribution < 1.29 is 8.42 Å². The molecule has 0 bridgehead atoms. The van der Waals surface area contributed by atoms with Gasteiger partial charge in [0.1, 0.15) is 0 Å². The van der Waals surface area contributed by atoms with Crippen molar-refractivity contribution in [3.05, 3.63) is 101 Å². The van der Waals surface area contributed by atoms with Gasteiger partial charge in [0.2, 0.25) is 10.0 Å². The number of sulfonamides is 1. The van der Waals surface area contributed by atoms with Crippen molar-refractivity contribution in [3.8, 4) is 0 Å². The molecule has 0 fully saturated rings. The maximum atomic E-state index is 13.9. The van der Waals surface area contributed by atoms with Crippen LogP contribution in [0.2, 0.25) is 0 Å². The van der Waals surface area contributed by atoms with E-state index in [2.05, 4.69) is 63.2 Å². The van der Waals surface area contributed by atoms with Gasteiger partial charge >= 0.3 is 0 Å². The highest BCUT2D eigenvalue weighted by Gasteiger charge is 2.44. The minimum atomic E-state index is -3.66. The van der Waals surface area contributed by atoms with Gasteiger partial charge in [0.15, 0.2) is 0 Å². The summed E-state index contributed by atoms with van der Waals surface area (Å²) in [7, 11) is -3.66. The van der Waals surface area contributed by atoms with Gasteiger partial charge in [-0.25, -0.2) is 8.42 Å². The largest absolute Gasteiger partial charge is 0.243 e. The monoisotopic (exact) mass is 443 g/mol. The molecular weight excluding hydrogens is 414 g/mol. The molecule has 0 saturated carbocycles. The third kappa shape index (κ3) is 3.33. The third-order valence-electron chi connectivity index (χ3n) is 6.66. The topological polar surface area (TPSA) is 37.4 Å². The van der Waals surface area contributed by atoms with Gasteiger partial charge in [-0.1, -0.05) is 87.0 Å². The first-order valence-corrected chi connectivity index (χ1v) is 12.6. The molecule has 3 aromatic carbocycles. The molecule has 3 aromatic rings. The molecule has 0 amide bonds. The Balaban J connectivity index is 1.80. The fraction of sp³-hybridized carbons (Fsp3) is 0.286. The van der Waals surface area contributed by atoms with Gasteiger partial charge in [0.05, 0.1) is 10.9 Å². The summed E-state index contributed by atoms with van der Waals surface area (Å²) >= 11 is 0. The summed E-state index contributed by atoms with van der Waals surface area (Å²) in [5.41, 5.74) is 8.05. The van der Waals surface area contributed by atoms with E-state index in [0.29, 0.717) is 17.9 Å². The van der Waals surface area contributed by atoms with E-state index in [1.807, 2.05) is 25.1 Å². The summed E-state index contributed by atoms with van der Waals surface area (Å²) in [4.78, 5) is 0.359. The number of fused-ring (bicyclic) bond motifs is 4. The van der Waals surface area contributed by atoms with E-state index >= 15 is 0 Å². The molecule has 1 aliphatic carbocycles. The van der Waals surface area contributed by atoms with Crippen molar-refractivity contribution in [1.82, 2.24) is 4.31 Å². The van der Waals surface area contributed by atoms with Gasteiger partial charge in [-0.15, -0.1) is 0 Å². The molecule has 32 heavy (non-hydrogen) atoms. The van der Waals surface area contributed by atoms with E-state index in [-0.39, 0.29) is 11.5 Å². The van der Waals surface area contributed by atoms with Crippen LogP contribution < -0.4 is 0 Å². The van der Waals surface area contributed by atoms with Crippen LogP contribution >= 0.6 is 0 Å². The Kier molecular flexibility index (Phi) is 4.92. The minimum absolute atomic E-state index is 0.131. The predicted molar refractivity (Wildman–Crippen MR) is 131 cm³/mol. The summed E-state index contributed by atoms with van der Waals surface area (Å²) in [6, 6.07) is 23.8. The van der Waals surface area contributed by atoms with Gasteiger partial charge in [0.25, 0.3) is 0 Å². The highest BCUT2D eigenvalue weighted by Crippen LogP contribution is 2.50. The van der Waals surface area contributed by atoms with Gasteiger partial charge in [-0.3, -0.25) is 0 Å². The van der Waals surface area contributed by atoms with Gasteiger partial charge in [0, 0.05) is 6.54 Å². The summed E-state index contributed by atoms with van der Waals surface area (Å²) in [6.45, 7) is 9.04. The Morgan fingerprint density at radius 1 is 0.812 bits per heavy atom. The van der Waals surface area contributed by atoms with Crippen LogP contribution in [-0.2, 0) is 23.0 Å². The van der Waals surface area contributed by atoms with Crippen molar-refractivity contribution in [1.29, 1.82) is 0 Å². The van der Waals surface area contributed by atoms with Crippen LogP contribution in [0.25, 0.3) is 11.1 Å². The van der Waals surface area contributed by atoms with Crippen LogP contribution in [0, 0.1) is 12.3 Å².